The van der Waals surface area contributed by atoms with Crippen LogP contribution < -0.4 is 15.0 Å². The summed E-state index contributed by atoms with van der Waals surface area (Å²) in [4.78, 5) is 21.1. The molecule has 1 saturated carbocycles. The molecule has 28 heavy (non-hydrogen) atoms. The van der Waals surface area contributed by atoms with Crippen LogP contribution in [-0.2, 0) is 6.54 Å². The molecular weight excluding hydrogens is 377 g/mol. The highest BCUT2D eigenvalue weighted by Crippen LogP contribution is 2.46. The molecule has 1 aromatic heterocycles. The van der Waals surface area contributed by atoms with E-state index in [1.165, 1.54) is 24.5 Å². The number of alkyl halides is 3. The van der Waals surface area contributed by atoms with Crippen molar-refractivity contribution in [2.24, 2.45) is 11.8 Å². The zero-order chi connectivity index (χ0) is 19.9. The molecule has 2 aromatic rings. The van der Waals surface area contributed by atoms with E-state index in [1.807, 2.05) is 4.90 Å². The molecule has 1 saturated heterocycles. The number of hydrogen-bond donors (Lipinski definition) is 2. The van der Waals surface area contributed by atoms with Gasteiger partial charge in [-0.1, -0.05) is 12.1 Å². The minimum atomic E-state index is -4.69. The Morgan fingerprint density at radius 3 is 2.32 bits per heavy atom. The Bertz CT molecular complexity index is 846. The van der Waals surface area contributed by atoms with Gasteiger partial charge in [0.1, 0.15) is 5.75 Å². The van der Waals surface area contributed by atoms with Gasteiger partial charge in [-0.05, 0) is 29.5 Å². The smallest absolute Gasteiger partial charge is 0.478 e. The van der Waals surface area contributed by atoms with Gasteiger partial charge < -0.3 is 20.1 Å². The van der Waals surface area contributed by atoms with E-state index in [1.54, 1.807) is 12.1 Å². The first-order valence-electron chi connectivity index (χ1n) is 8.68. The van der Waals surface area contributed by atoms with Crippen LogP contribution in [0, 0.1) is 11.8 Å². The quantitative estimate of drug-likeness (QED) is 0.777. The molecule has 2 N–H and O–H groups in total. The number of halogens is 3. The van der Waals surface area contributed by atoms with Crippen molar-refractivity contribution in [3.8, 4) is 5.75 Å². The largest absolute Gasteiger partial charge is 0.573 e. The van der Waals surface area contributed by atoms with Gasteiger partial charge in [0.2, 0.25) is 5.95 Å². The Hall–Kier alpha value is -2.88. The lowest BCUT2D eigenvalue weighted by molar-refractivity contribution is -0.274. The van der Waals surface area contributed by atoms with Crippen LogP contribution in [0.5, 0.6) is 5.75 Å². The summed E-state index contributed by atoms with van der Waals surface area (Å²) in [5.41, 5.74) is 0.934. The average molecular weight is 394 g/mol. The third-order valence-corrected chi connectivity index (χ3v) is 5.06. The number of carboxylic acids is 1. The van der Waals surface area contributed by atoms with E-state index in [4.69, 9.17) is 5.11 Å². The monoisotopic (exact) mass is 394 g/mol. The molecule has 0 radical (unpaired) electrons. The maximum Gasteiger partial charge on any atom is 0.573 e. The fourth-order valence-electron chi connectivity index (χ4n) is 3.63. The van der Waals surface area contributed by atoms with Crippen molar-refractivity contribution >= 4 is 11.9 Å². The van der Waals surface area contributed by atoms with E-state index < -0.39 is 12.3 Å². The van der Waals surface area contributed by atoms with Gasteiger partial charge in [-0.3, -0.25) is 0 Å². The summed E-state index contributed by atoms with van der Waals surface area (Å²) in [6.45, 7) is 2.13. The molecule has 2 fully saturated rings. The summed E-state index contributed by atoms with van der Waals surface area (Å²) < 4.78 is 40.4. The summed E-state index contributed by atoms with van der Waals surface area (Å²) in [7, 11) is 0. The second-order valence-electron chi connectivity index (χ2n) is 6.91. The molecule has 1 aromatic carbocycles. The fraction of sp³-hybridized carbons (Fsp3) is 0.389. The van der Waals surface area contributed by atoms with Crippen LogP contribution in [0.2, 0.25) is 0 Å². The van der Waals surface area contributed by atoms with Crippen molar-refractivity contribution in [3.05, 3.63) is 47.8 Å². The minimum Gasteiger partial charge on any atom is -0.478 e. The molecule has 3 atom stereocenters. The van der Waals surface area contributed by atoms with Crippen LogP contribution in [-0.4, -0.2) is 46.5 Å². The molecule has 2 heterocycles. The number of aromatic carboxylic acids is 1. The zero-order valence-corrected chi connectivity index (χ0v) is 14.6. The highest BCUT2D eigenvalue weighted by molar-refractivity contribution is 5.86. The predicted molar refractivity (Wildman–Crippen MR) is 91.9 cm³/mol. The van der Waals surface area contributed by atoms with E-state index >= 15 is 0 Å². The Balaban J connectivity index is 1.25. The summed E-state index contributed by atoms with van der Waals surface area (Å²) in [5, 5.41) is 12.3. The second-order valence-corrected chi connectivity index (χ2v) is 6.91. The number of nitrogens with one attached hydrogen (secondary N) is 1. The van der Waals surface area contributed by atoms with Crippen molar-refractivity contribution in [1.82, 2.24) is 15.3 Å². The first-order valence-corrected chi connectivity index (χ1v) is 8.68. The van der Waals surface area contributed by atoms with Crippen LogP contribution in [0.3, 0.4) is 0 Å². The van der Waals surface area contributed by atoms with Gasteiger partial charge in [0.05, 0.1) is 5.56 Å². The van der Waals surface area contributed by atoms with Crippen molar-refractivity contribution in [1.29, 1.82) is 0 Å². The topological polar surface area (TPSA) is 87.6 Å². The molecule has 1 aliphatic carbocycles. The number of carbonyl (C=O) groups is 1. The summed E-state index contributed by atoms with van der Waals surface area (Å²) in [6, 6.07) is 6.17. The standard InChI is InChI=1S/C18H17F3N4O3/c19-18(20,21)28-12-3-1-10(2-4-12)5-22-15-13-8-25(9-14(13)15)17-23-6-11(7-24-17)16(26)27/h1-4,6-7,13-15,22H,5,8-9H2,(H,26,27)/t13-,14+,15?. The lowest BCUT2D eigenvalue weighted by Gasteiger charge is -2.20. The summed E-state index contributed by atoms with van der Waals surface area (Å²) in [5.74, 6) is 0.143. The van der Waals surface area contributed by atoms with E-state index in [9.17, 15) is 18.0 Å². The molecule has 7 nitrogen and oxygen atoms in total. The van der Waals surface area contributed by atoms with Crippen molar-refractivity contribution in [2.75, 3.05) is 18.0 Å². The number of nitrogens with zero attached hydrogens (tertiary/aromatic N) is 3. The molecule has 148 valence electrons. The Kier molecular flexibility index (Phi) is 4.58. The molecular formula is C18H17F3N4O3. The molecule has 1 unspecified atom stereocenters. The lowest BCUT2D eigenvalue weighted by Crippen LogP contribution is -2.32. The number of anilines is 1. The number of fused-ring (bicyclic) bond motifs is 1. The van der Waals surface area contributed by atoms with Gasteiger partial charge in [-0.2, -0.15) is 0 Å². The number of hydrogen-bond acceptors (Lipinski definition) is 6. The van der Waals surface area contributed by atoms with Gasteiger partial charge in [0.25, 0.3) is 0 Å². The van der Waals surface area contributed by atoms with Crippen LogP contribution in [0.1, 0.15) is 15.9 Å². The summed E-state index contributed by atoms with van der Waals surface area (Å²) >= 11 is 0. The average Bonchev–Trinajstić information content (AvgIpc) is 3.09. The minimum absolute atomic E-state index is 0.0549. The highest BCUT2D eigenvalue weighted by Gasteiger charge is 2.55. The lowest BCUT2D eigenvalue weighted by atomic mass is 10.2. The molecule has 1 aliphatic heterocycles. The van der Waals surface area contributed by atoms with Crippen LogP contribution >= 0.6 is 0 Å². The Morgan fingerprint density at radius 1 is 1.18 bits per heavy atom. The molecule has 0 spiro atoms. The van der Waals surface area contributed by atoms with E-state index in [-0.39, 0.29) is 11.3 Å². The fourth-order valence-corrected chi connectivity index (χ4v) is 3.63. The molecule has 2 aliphatic rings. The van der Waals surface area contributed by atoms with E-state index in [0.29, 0.717) is 30.4 Å². The zero-order valence-electron chi connectivity index (χ0n) is 14.6. The first kappa shape index (κ1) is 18.5. The summed E-state index contributed by atoms with van der Waals surface area (Å²) in [6.07, 6.45) is -2.08. The second kappa shape index (κ2) is 6.93. The van der Waals surface area contributed by atoms with Crippen LogP contribution in [0.4, 0.5) is 19.1 Å². The maximum absolute atomic E-state index is 12.2. The number of ether oxygens (including phenoxy) is 1. The number of aromatic nitrogens is 2. The normalized spacial score (nSPS) is 23.4. The number of benzene rings is 1. The Labute approximate surface area is 158 Å². The molecule has 4 rings (SSSR count). The third-order valence-electron chi connectivity index (χ3n) is 5.06. The van der Waals surface area contributed by atoms with Crippen LogP contribution in [0.25, 0.3) is 0 Å². The Morgan fingerprint density at radius 2 is 1.79 bits per heavy atom. The van der Waals surface area contributed by atoms with Gasteiger partial charge in [0.15, 0.2) is 0 Å². The highest BCUT2D eigenvalue weighted by atomic mass is 19.4. The maximum atomic E-state index is 12.2. The third kappa shape index (κ3) is 4.01. The van der Waals surface area contributed by atoms with Gasteiger partial charge in [-0.15, -0.1) is 13.2 Å². The number of rotatable bonds is 6. The molecule has 0 bridgehead atoms. The van der Waals surface area contributed by atoms with E-state index in [0.717, 1.165) is 18.7 Å². The van der Waals surface area contributed by atoms with Crippen molar-refractivity contribution in [3.63, 3.8) is 0 Å². The van der Waals surface area contributed by atoms with Gasteiger partial charge in [-0.25, -0.2) is 14.8 Å². The number of carboxylic acid groups (broad SMARTS) is 1. The number of piperidine rings is 1. The molecule has 0 amide bonds. The molecule has 10 heteroatoms. The van der Waals surface area contributed by atoms with Crippen molar-refractivity contribution < 1.29 is 27.8 Å². The van der Waals surface area contributed by atoms with Crippen LogP contribution in [0.15, 0.2) is 36.7 Å². The van der Waals surface area contributed by atoms with E-state index in [2.05, 4.69) is 20.0 Å². The van der Waals surface area contributed by atoms with Crippen molar-refractivity contribution in [2.45, 2.75) is 18.9 Å². The SMILES string of the molecule is O=C(O)c1cnc(N2C[C@@H]3C(NCc4ccc(OC(F)(F)F)cc4)[C@@H]3C2)nc1. The predicted octanol–water partition coefficient (Wildman–Crippen LogP) is 2.30. The van der Waals surface area contributed by atoms with Gasteiger partial charge >= 0.3 is 12.3 Å². The first-order chi connectivity index (χ1) is 13.3. The van der Waals surface area contributed by atoms with Gasteiger partial charge in [0, 0.05) is 38.1 Å².